The van der Waals surface area contributed by atoms with Crippen molar-refractivity contribution in [3.8, 4) is 5.75 Å². The Hall–Kier alpha value is -1.52. The quantitative estimate of drug-likeness (QED) is 0.450. The molecule has 3 heterocycles. The summed E-state index contributed by atoms with van der Waals surface area (Å²) in [7, 11) is 0. The highest BCUT2D eigenvalue weighted by molar-refractivity contribution is 7.37. The average molecular weight is 408 g/mol. The fourth-order valence-electron chi connectivity index (χ4n) is 3.41. The molecule has 1 saturated heterocycles. The molecule has 2 aromatic heterocycles. The zero-order valence-electron chi connectivity index (χ0n) is 14.2. The number of aromatic hydroxyl groups is 1. The van der Waals surface area contributed by atoms with Gasteiger partial charge >= 0.3 is 0 Å². The number of thiophene rings is 2. The SMILES string of the molecule is OC[C@H]1O[C@@H](c2cc(Cc3cc4ccsc4s3)ccc2O)[C@H](O)C(O)[C@@H]1O. The van der Waals surface area contributed by atoms with Crippen LogP contribution in [0.1, 0.15) is 22.1 Å². The number of ether oxygens (including phenoxy) is 1. The van der Waals surface area contributed by atoms with Gasteiger partial charge in [0, 0.05) is 22.2 Å². The Morgan fingerprint density at radius 1 is 1.00 bits per heavy atom. The summed E-state index contributed by atoms with van der Waals surface area (Å²) in [6.45, 7) is -0.506. The largest absolute Gasteiger partial charge is 0.508 e. The van der Waals surface area contributed by atoms with E-state index in [0.29, 0.717) is 12.0 Å². The minimum Gasteiger partial charge on any atom is -0.508 e. The van der Waals surface area contributed by atoms with E-state index in [4.69, 9.17) is 4.74 Å². The number of phenols is 1. The first-order valence-electron chi connectivity index (χ1n) is 8.56. The molecule has 1 unspecified atom stereocenters. The average Bonchev–Trinajstić information content (AvgIpc) is 3.23. The Morgan fingerprint density at radius 3 is 2.56 bits per heavy atom. The molecule has 0 radical (unpaired) electrons. The first-order valence-corrected chi connectivity index (χ1v) is 10.3. The predicted molar refractivity (Wildman–Crippen MR) is 103 cm³/mol. The molecule has 1 aliphatic rings. The smallest absolute Gasteiger partial charge is 0.121 e. The van der Waals surface area contributed by atoms with Gasteiger partial charge in [-0.3, -0.25) is 0 Å². The van der Waals surface area contributed by atoms with Gasteiger partial charge in [0.25, 0.3) is 0 Å². The summed E-state index contributed by atoms with van der Waals surface area (Å²) in [5.74, 6) is -0.0738. The van der Waals surface area contributed by atoms with Gasteiger partial charge in [-0.1, -0.05) is 6.07 Å². The van der Waals surface area contributed by atoms with E-state index in [1.165, 1.54) is 20.3 Å². The van der Waals surface area contributed by atoms with Crippen molar-refractivity contribution in [2.45, 2.75) is 36.9 Å². The summed E-state index contributed by atoms with van der Waals surface area (Å²) in [5.41, 5.74) is 1.25. The third-order valence-electron chi connectivity index (χ3n) is 4.87. The van der Waals surface area contributed by atoms with E-state index >= 15 is 0 Å². The van der Waals surface area contributed by atoms with Crippen molar-refractivity contribution in [3.05, 3.63) is 51.7 Å². The van der Waals surface area contributed by atoms with Gasteiger partial charge < -0.3 is 30.3 Å². The predicted octanol–water partition coefficient (Wildman–Crippen LogP) is 1.77. The van der Waals surface area contributed by atoms with Crippen molar-refractivity contribution in [2.75, 3.05) is 6.61 Å². The maximum absolute atomic E-state index is 10.3. The van der Waals surface area contributed by atoms with Gasteiger partial charge in [0.1, 0.15) is 36.3 Å². The molecule has 1 fully saturated rings. The molecule has 0 bridgehead atoms. The van der Waals surface area contributed by atoms with Crippen LogP contribution in [0.15, 0.2) is 35.7 Å². The van der Waals surface area contributed by atoms with Crippen LogP contribution in [0.5, 0.6) is 5.75 Å². The van der Waals surface area contributed by atoms with Crippen molar-refractivity contribution in [1.82, 2.24) is 0 Å². The molecule has 0 aliphatic carbocycles. The maximum Gasteiger partial charge on any atom is 0.121 e. The van der Waals surface area contributed by atoms with Gasteiger partial charge in [0.15, 0.2) is 0 Å². The number of rotatable bonds is 4. The van der Waals surface area contributed by atoms with Gasteiger partial charge in [0.2, 0.25) is 0 Å². The van der Waals surface area contributed by atoms with Crippen molar-refractivity contribution < 1.29 is 30.3 Å². The normalized spacial score (nSPS) is 28.7. The van der Waals surface area contributed by atoms with Crippen LogP contribution in [0.4, 0.5) is 0 Å². The lowest BCUT2D eigenvalue weighted by atomic mass is 9.90. The lowest BCUT2D eigenvalue weighted by Gasteiger charge is -2.40. The lowest BCUT2D eigenvalue weighted by molar-refractivity contribution is -0.232. The van der Waals surface area contributed by atoms with Crippen LogP contribution in [0, 0.1) is 0 Å². The topological polar surface area (TPSA) is 110 Å². The molecule has 4 rings (SSSR count). The molecule has 8 heteroatoms. The van der Waals surface area contributed by atoms with Crippen molar-refractivity contribution in [1.29, 1.82) is 0 Å². The summed E-state index contributed by atoms with van der Waals surface area (Å²) in [5, 5.41) is 53.2. The van der Waals surface area contributed by atoms with E-state index in [9.17, 15) is 25.5 Å². The molecule has 0 spiro atoms. The van der Waals surface area contributed by atoms with Crippen LogP contribution < -0.4 is 0 Å². The minimum absolute atomic E-state index is 0.0738. The molecule has 3 aromatic rings. The summed E-state index contributed by atoms with van der Waals surface area (Å²) in [4.78, 5) is 1.18. The van der Waals surface area contributed by atoms with Gasteiger partial charge in [-0.05, 0) is 35.2 Å². The number of hydrogen-bond acceptors (Lipinski definition) is 8. The maximum atomic E-state index is 10.3. The van der Waals surface area contributed by atoms with Gasteiger partial charge in [-0.25, -0.2) is 0 Å². The summed E-state index contributed by atoms with van der Waals surface area (Å²) >= 11 is 3.42. The Morgan fingerprint density at radius 2 is 1.81 bits per heavy atom. The first kappa shape index (κ1) is 18.8. The highest BCUT2D eigenvalue weighted by Crippen LogP contribution is 2.38. The standard InChI is InChI=1S/C19H20O6S2/c20-8-14-15(22)16(23)17(24)18(25-14)12-6-9(1-2-13(12)21)5-11-7-10-3-4-26-19(10)27-11/h1-4,6-7,14-18,20-24H,5,8H2/t14-,15-,16?,17-,18+/m1/s1. The third-order valence-corrected chi connectivity index (χ3v) is 7.07. The molecule has 144 valence electrons. The zero-order chi connectivity index (χ0) is 19.1. The number of fused-ring (bicyclic) bond motifs is 1. The molecule has 6 nitrogen and oxygen atoms in total. The summed E-state index contributed by atoms with van der Waals surface area (Å²) < 4.78 is 6.83. The fourth-order valence-corrected chi connectivity index (χ4v) is 5.60. The molecular formula is C19H20O6S2. The number of aliphatic hydroxyl groups excluding tert-OH is 4. The highest BCUT2D eigenvalue weighted by Gasteiger charge is 2.44. The monoisotopic (exact) mass is 408 g/mol. The van der Waals surface area contributed by atoms with Crippen LogP contribution in [0.2, 0.25) is 0 Å². The second-order valence-corrected chi connectivity index (χ2v) is 9.01. The Bertz CT molecular complexity index is 905. The molecule has 0 amide bonds. The Kier molecular flexibility index (Phi) is 5.21. The van der Waals surface area contributed by atoms with E-state index in [2.05, 4.69) is 17.5 Å². The van der Waals surface area contributed by atoms with E-state index in [0.717, 1.165) is 5.56 Å². The van der Waals surface area contributed by atoms with E-state index in [1.54, 1.807) is 34.8 Å². The van der Waals surface area contributed by atoms with Crippen LogP contribution in [0.3, 0.4) is 0 Å². The van der Waals surface area contributed by atoms with Crippen LogP contribution in [0.25, 0.3) is 9.40 Å². The van der Waals surface area contributed by atoms with Crippen molar-refractivity contribution in [2.24, 2.45) is 0 Å². The molecule has 5 atom stereocenters. The lowest BCUT2D eigenvalue weighted by Crippen LogP contribution is -2.55. The summed E-state index contributed by atoms with van der Waals surface area (Å²) in [6, 6.07) is 9.28. The van der Waals surface area contributed by atoms with Gasteiger partial charge in [-0.2, -0.15) is 0 Å². The molecule has 27 heavy (non-hydrogen) atoms. The molecule has 1 aromatic carbocycles. The Labute approximate surface area is 163 Å². The Balaban J connectivity index is 1.62. The molecular weight excluding hydrogens is 388 g/mol. The minimum atomic E-state index is -1.48. The molecule has 1 aliphatic heterocycles. The highest BCUT2D eigenvalue weighted by atomic mass is 32.2. The second-order valence-electron chi connectivity index (χ2n) is 6.70. The van der Waals surface area contributed by atoms with E-state index in [-0.39, 0.29) is 5.75 Å². The number of aliphatic hydroxyl groups is 4. The van der Waals surface area contributed by atoms with Gasteiger partial charge in [0.05, 0.1) is 10.6 Å². The van der Waals surface area contributed by atoms with Crippen LogP contribution in [-0.2, 0) is 11.2 Å². The van der Waals surface area contributed by atoms with Gasteiger partial charge in [-0.15, -0.1) is 22.7 Å². The number of benzene rings is 1. The van der Waals surface area contributed by atoms with Crippen LogP contribution >= 0.6 is 22.7 Å². The van der Waals surface area contributed by atoms with E-state index in [1.807, 2.05) is 0 Å². The first-order chi connectivity index (χ1) is 13.0. The molecule has 0 saturated carbocycles. The number of phenolic OH excluding ortho intramolecular Hbond substituents is 1. The summed E-state index contributed by atoms with van der Waals surface area (Å²) in [6.07, 6.45) is -5.72. The molecule has 5 N–H and O–H groups in total. The third kappa shape index (κ3) is 3.50. The number of hydrogen-bond donors (Lipinski definition) is 5. The van der Waals surface area contributed by atoms with Crippen LogP contribution in [-0.4, -0.2) is 56.6 Å². The fraction of sp³-hybridized carbons (Fsp3) is 0.368. The van der Waals surface area contributed by atoms with E-state index < -0.39 is 37.1 Å². The zero-order valence-corrected chi connectivity index (χ0v) is 15.9. The van der Waals surface area contributed by atoms with Crippen molar-refractivity contribution in [3.63, 3.8) is 0 Å². The van der Waals surface area contributed by atoms with Crippen molar-refractivity contribution >= 4 is 32.1 Å². The second kappa shape index (κ2) is 7.48.